The molecular weight excluding hydrogens is 210 g/mol. The molecule has 0 radical (unpaired) electrons. The fraction of sp³-hybridized carbons (Fsp3) is 1.00. The number of hydrogen-bond acceptors (Lipinski definition) is 2. The molecule has 0 bridgehead atoms. The molecule has 0 aromatic rings. The average molecular weight is 239 g/mol. The minimum Gasteiger partial charge on any atom is -0.292 e. The molecule has 1 saturated heterocycles. The van der Waals surface area contributed by atoms with Crippen molar-refractivity contribution >= 4 is 0 Å². The molecule has 2 heteroatoms. The van der Waals surface area contributed by atoms with Gasteiger partial charge in [-0.2, -0.15) is 5.06 Å². The molecule has 3 unspecified atom stereocenters. The molecule has 17 heavy (non-hydrogen) atoms. The molecule has 3 atom stereocenters. The zero-order valence-electron chi connectivity index (χ0n) is 12.0. The van der Waals surface area contributed by atoms with E-state index in [1.54, 1.807) is 0 Å². The number of hydroxylamine groups is 2. The first-order chi connectivity index (χ1) is 8.22. The Morgan fingerprint density at radius 3 is 2.35 bits per heavy atom. The van der Waals surface area contributed by atoms with Gasteiger partial charge in [-0.05, 0) is 31.6 Å². The maximum atomic E-state index is 6.41. The van der Waals surface area contributed by atoms with Crippen LogP contribution < -0.4 is 0 Å². The lowest BCUT2D eigenvalue weighted by Gasteiger charge is -2.39. The second-order valence-corrected chi connectivity index (χ2v) is 5.79. The fourth-order valence-electron chi connectivity index (χ4n) is 4.27. The Balaban J connectivity index is 2.26. The van der Waals surface area contributed by atoms with Crippen molar-refractivity contribution in [1.29, 1.82) is 0 Å². The molecule has 1 aliphatic carbocycles. The van der Waals surface area contributed by atoms with Crippen LogP contribution in [0.2, 0.25) is 0 Å². The lowest BCUT2D eigenvalue weighted by molar-refractivity contribution is -0.210. The molecule has 2 nitrogen and oxygen atoms in total. The van der Waals surface area contributed by atoms with Crippen molar-refractivity contribution < 1.29 is 4.84 Å². The van der Waals surface area contributed by atoms with Crippen LogP contribution in [0.15, 0.2) is 0 Å². The van der Waals surface area contributed by atoms with E-state index < -0.39 is 0 Å². The number of nitrogens with zero attached hydrogens (tertiary/aromatic N) is 1. The van der Waals surface area contributed by atoms with Gasteiger partial charge in [0.25, 0.3) is 0 Å². The van der Waals surface area contributed by atoms with E-state index in [2.05, 4.69) is 32.8 Å². The Bertz CT molecular complexity index is 249. The molecule has 2 fully saturated rings. The van der Waals surface area contributed by atoms with Crippen LogP contribution in [-0.2, 0) is 4.84 Å². The van der Waals surface area contributed by atoms with Gasteiger partial charge >= 0.3 is 0 Å². The van der Waals surface area contributed by atoms with Crippen LogP contribution in [0.1, 0.15) is 66.2 Å². The lowest BCUT2D eigenvalue weighted by atomic mass is 9.68. The van der Waals surface area contributed by atoms with E-state index in [4.69, 9.17) is 4.84 Å². The second-order valence-electron chi connectivity index (χ2n) is 5.79. The third kappa shape index (κ3) is 2.04. The molecule has 0 aromatic heterocycles. The van der Waals surface area contributed by atoms with Crippen LogP contribution in [0.25, 0.3) is 0 Å². The first-order valence-corrected chi connectivity index (χ1v) is 7.68. The zero-order valence-corrected chi connectivity index (χ0v) is 12.0. The van der Waals surface area contributed by atoms with E-state index >= 15 is 0 Å². The summed E-state index contributed by atoms with van der Waals surface area (Å²) in [6.45, 7) is 10.2. The van der Waals surface area contributed by atoms with Gasteiger partial charge in [0.15, 0.2) is 0 Å². The topological polar surface area (TPSA) is 12.5 Å². The molecule has 1 heterocycles. The van der Waals surface area contributed by atoms with Crippen molar-refractivity contribution in [3.05, 3.63) is 0 Å². The van der Waals surface area contributed by atoms with Gasteiger partial charge in [0, 0.05) is 18.5 Å². The fourth-order valence-corrected chi connectivity index (χ4v) is 4.27. The van der Waals surface area contributed by atoms with Gasteiger partial charge < -0.3 is 0 Å². The highest BCUT2D eigenvalue weighted by Crippen LogP contribution is 2.50. The maximum Gasteiger partial charge on any atom is 0.0938 e. The molecule has 2 aliphatic rings. The monoisotopic (exact) mass is 239 g/mol. The Hall–Kier alpha value is -0.0800. The van der Waals surface area contributed by atoms with Crippen molar-refractivity contribution in [2.45, 2.75) is 77.9 Å². The van der Waals surface area contributed by atoms with Crippen molar-refractivity contribution in [3.63, 3.8) is 0 Å². The first kappa shape index (κ1) is 13.4. The van der Waals surface area contributed by atoms with Crippen LogP contribution in [0, 0.1) is 11.8 Å². The van der Waals surface area contributed by atoms with Gasteiger partial charge in [0.1, 0.15) is 0 Å². The predicted octanol–water partition coefficient (Wildman–Crippen LogP) is 4.01. The van der Waals surface area contributed by atoms with Gasteiger partial charge in [-0.25, -0.2) is 0 Å². The smallest absolute Gasteiger partial charge is 0.0938 e. The summed E-state index contributed by atoms with van der Waals surface area (Å²) in [5.74, 6) is 1.63. The van der Waals surface area contributed by atoms with Crippen LogP contribution in [0.4, 0.5) is 0 Å². The van der Waals surface area contributed by atoms with E-state index in [1.807, 2.05) is 0 Å². The highest BCUT2D eigenvalue weighted by Gasteiger charge is 2.54. The minimum atomic E-state index is 0.147. The van der Waals surface area contributed by atoms with E-state index in [1.165, 1.54) is 25.7 Å². The summed E-state index contributed by atoms with van der Waals surface area (Å²) in [6, 6.07) is 0.693. The summed E-state index contributed by atoms with van der Waals surface area (Å²) in [5, 5.41) is 2.32. The Morgan fingerprint density at radius 1 is 1.12 bits per heavy atom. The minimum absolute atomic E-state index is 0.147. The Labute approximate surface area is 107 Å². The highest BCUT2D eigenvalue weighted by atomic mass is 16.7. The SMILES string of the molecule is CCC1CCCC2C1N(CC)OC2(CC)CC. The van der Waals surface area contributed by atoms with Crippen LogP contribution in [0.3, 0.4) is 0 Å². The molecule has 0 N–H and O–H groups in total. The highest BCUT2D eigenvalue weighted by molar-refractivity contribution is 5.01. The molecule has 0 spiro atoms. The number of hydrogen-bond donors (Lipinski definition) is 0. The summed E-state index contributed by atoms with van der Waals surface area (Å²) in [7, 11) is 0. The van der Waals surface area contributed by atoms with Crippen molar-refractivity contribution in [3.8, 4) is 0 Å². The molecule has 0 aromatic carbocycles. The summed E-state index contributed by atoms with van der Waals surface area (Å²) >= 11 is 0. The molecular formula is C15H29NO. The Kier molecular flexibility index (Phi) is 4.14. The molecule has 0 amide bonds. The average Bonchev–Trinajstić information content (AvgIpc) is 2.73. The maximum absolute atomic E-state index is 6.41. The largest absolute Gasteiger partial charge is 0.292 e. The predicted molar refractivity (Wildman–Crippen MR) is 71.7 cm³/mol. The van der Waals surface area contributed by atoms with Crippen molar-refractivity contribution in [2.75, 3.05) is 6.54 Å². The van der Waals surface area contributed by atoms with Gasteiger partial charge in [-0.15, -0.1) is 0 Å². The summed E-state index contributed by atoms with van der Waals surface area (Å²) in [4.78, 5) is 6.41. The van der Waals surface area contributed by atoms with E-state index in [0.717, 1.165) is 31.2 Å². The normalized spacial score (nSPS) is 37.1. The number of rotatable bonds is 4. The lowest BCUT2D eigenvalue weighted by Crippen LogP contribution is -2.43. The third-order valence-electron chi connectivity index (χ3n) is 5.33. The quantitative estimate of drug-likeness (QED) is 0.735. The molecule has 2 rings (SSSR count). The zero-order chi connectivity index (χ0) is 12.5. The molecule has 1 aliphatic heterocycles. The van der Waals surface area contributed by atoms with Gasteiger partial charge in [-0.1, -0.05) is 40.5 Å². The molecule has 1 saturated carbocycles. The van der Waals surface area contributed by atoms with E-state index in [-0.39, 0.29) is 5.60 Å². The van der Waals surface area contributed by atoms with Crippen LogP contribution in [-0.4, -0.2) is 23.3 Å². The first-order valence-electron chi connectivity index (χ1n) is 7.68. The van der Waals surface area contributed by atoms with Crippen molar-refractivity contribution in [1.82, 2.24) is 5.06 Å². The van der Waals surface area contributed by atoms with E-state index in [9.17, 15) is 0 Å². The Morgan fingerprint density at radius 2 is 1.82 bits per heavy atom. The number of fused-ring (bicyclic) bond motifs is 1. The van der Waals surface area contributed by atoms with Crippen molar-refractivity contribution in [2.24, 2.45) is 11.8 Å². The van der Waals surface area contributed by atoms with Gasteiger partial charge in [-0.3, -0.25) is 4.84 Å². The van der Waals surface area contributed by atoms with E-state index in [0.29, 0.717) is 6.04 Å². The second kappa shape index (κ2) is 5.27. The summed E-state index contributed by atoms with van der Waals surface area (Å²) < 4.78 is 0. The third-order valence-corrected chi connectivity index (χ3v) is 5.33. The standard InChI is InChI=1S/C15H29NO/c1-5-12-10-9-11-13-14(12)16(8-4)17-15(13,6-2)7-3/h12-14H,5-11H2,1-4H3. The van der Waals surface area contributed by atoms with Gasteiger partial charge in [0.2, 0.25) is 0 Å². The summed E-state index contributed by atoms with van der Waals surface area (Å²) in [6.07, 6.45) is 7.82. The summed E-state index contributed by atoms with van der Waals surface area (Å²) in [5.41, 5.74) is 0.147. The molecule has 100 valence electrons. The van der Waals surface area contributed by atoms with Gasteiger partial charge in [0.05, 0.1) is 5.60 Å². The van der Waals surface area contributed by atoms with Crippen LogP contribution in [0.5, 0.6) is 0 Å². The van der Waals surface area contributed by atoms with Crippen LogP contribution >= 0.6 is 0 Å².